The van der Waals surface area contributed by atoms with Crippen LogP contribution in [-0.4, -0.2) is 36.7 Å². The third-order valence-corrected chi connectivity index (χ3v) is 6.48. The van der Waals surface area contributed by atoms with Gasteiger partial charge in [-0.3, -0.25) is 10.1 Å². The molecule has 0 amide bonds. The quantitative estimate of drug-likeness (QED) is 0.345. The fourth-order valence-electron chi connectivity index (χ4n) is 4.76. The summed E-state index contributed by atoms with van der Waals surface area (Å²) in [6, 6.07) is 9.06. The second-order valence-electron chi connectivity index (χ2n) is 8.77. The van der Waals surface area contributed by atoms with Crippen molar-refractivity contribution in [2.24, 2.45) is 5.92 Å². The van der Waals surface area contributed by atoms with Crippen LogP contribution in [0.3, 0.4) is 0 Å². The minimum Gasteiger partial charge on any atom is -0.335 e. The Hall–Kier alpha value is -3.65. The Labute approximate surface area is 189 Å². The zero-order valence-corrected chi connectivity index (χ0v) is 18.1. The lowest BCUT2D eigenvalue weighted by Crippen LogP contribution is -2.20. The second-order valence-corrected chi connectivity index (χ2v) is 8.77. The van der Waals surface area contributed by atoms with Gasteiger partial charge in [0.1, 0.15) is 11.5 Å². The van der Waals surface area contributed by atoms with E-state index in [1.54, 1.807) is 12.4 Å². The summed E-state index contributed by atoms with van der Waals surface area (Å²) in [7, 11) is 0. The highest BCUT2D eigenvalue weighted by Gasteiger charge is 2.17. The smallest absolute Gasteiger partial charge is 0.178 e. The number of nitrogens with zero attached hydrogens (tertiary/aromatic N) is 4. The number of halogens is 1. The van der Waals surface area contributed by atoms with Crippen molar-refractivity contribution in [3.8, 4) is 22.6 Å². The summed E-state index contributed by atoms with van der Waals surface area (Å²) >= 11 is 0. The molecule has 1 aliphatic carbocycles. The van der Waals surface area contributed by atoms with Crippen molar-refractivity contribution >= 4 is 22.1 Å². The number of aromatic nitrogens is 6. The number of hydrogen-bond donors (Lipinski definition) is 3. The summed E-state index contributed by atoms with van der Waals surface area (Å²) < 4.78 is 15.0. The van der Waals surface area contributed by atoms with Gasteiger partial charge in [0.15, 0.2) is 11.5 Å². The Morgan fingerprint density at radius 3 is 2.88 bits per heavy atom. The van der Waals surface area contributed by atoms with Gasteiger partial charge in [-0.25, -0.2) is 14.4 Å². The molecule has 6 rings (SSSR count). The first-order valence-electron chi connectivity index (χ1n) is 11.4. The topological polar surface area (TPSA) is 95.2 Å². The van der Waals surface area contributed by atoms with Gasteiger partial charge in [0.25, 0.3) is 0 Å². The van der Waals surface area contributed by atoms with Gasteiger partial charge in [0.2, 0.25) is 0 Å². The molecule has 3 N–H and O–H groups in total. The Kier molecular flexibility index (Phi) is 5.07. The van der Waals surface area contributed by atoms with Gasteiger partial charge >= 0.3 is 0 Å². The van der Waals surface area contributed by atoms with E-state index in [1.165, 1.54) is 31.7 Å². The fraction of sp³-hybridized carbons (Fsp3) is 0.280. The van der Waals surface area contributed by atoms with Crippen LogP contribution in [0.4, 0.5) is 4.39 Å². The van der Waals surface area contributed by atoms with E-state index in [2.05, 4.69) is 35.5 Å². The minimum absolute atomic E-state index is 0.318. The molecule has 1 aliphatic rings. The van der Waals surface area contributed by atoms with Crippen molar-refractivity contribution in [3.63, 3.8) is 0 Å². The third-order valence-electron chi connectivity index (χ3n) is 6.48. The number of H-pyrrole nitrogens is 2. The van der Waals surface area contributed by atoms with Crippen molar-refractivity contribution in [1.82, 2.24) is 35.5 Å². The van der Waals surface area contributed by atoms with Crippen LogP contribution in [0.1, 0.15) is 31.2 Å². The largest absolute Gasteiger partial charge is 0.335 e. The summed E-state index contributed by atoms with van der Waals surface area (Å²) in [6.07, 6.45) is 10.5. The van der Waals surface area contributed by atoms with Crippen molar-refractivity contribution in [2.45, 2.75) is 32.2 Å². The molecule has 33 heavy (non-hydrogen) atoms. The highest BCUT2D eigenvalue weighted by atomic mass is 19.1. The molecule has 0 bridgehead atoms. The van der Waals surface area contributed by atoms with E-state index < -0.39 is 0 Å². The summed E-state index contributed by atoms with van der Waals surface area (Å²) in [5, 5.41) is 11.6. The molecule has 4 heterocycles. The van der Waals surface area contributed by atoms with Crippen LogP contribution < -0.4 is 5.32 Å². The zero-order valence-electron chi connectivity index (χ0n) is 18.1. The molecule has 0 unspecified atom stereocenters. The molecule has 0 spiro atoms. The third kappa shape index (κ3) is 3.87. The number of pyridine rings is 2. The first-order chi connectivity index (χ1) is 16.2. The number of aromatic amines is 2. The molecular weight excluding hydrogens is 417 g/mol. The van der Waals surface area contributed by atoms with Crippen molar-refractivity contribution in [3.05, 3.63) is 60.3 Å². The molecule has 0 aliphatic heterocycles. The fourth-order valence-corrected chi connectivity index (χ4v) is 4.76. The molecular formula is C25H24FN7. The van der Waals surface area contributed by atoms with Crippen molar-refractivity contribution in [1.29, 1.82) is 0 Å². The van der Waals surface area contributed by atoms with Gasteiger partial charge in [0.05, 0.1) is 11.0 Å². The number of imidazole rings is 1. The number of hydrogen-bond acceptors (Lipinski definition) is 5. The first kappa shape index (κ1) is 20.0. The maximum Gasteiger partial charge on any atom is 0.178 e. The van der Waals surface area contributed by atoms with Gasteiger partial charge in [-0.05, 0) is 55.1 Å². The molecule has 4 aromatic heterocycles. The lowest BCUT2D eigenvalue weighted by Gasteiger charge is -2.11. The second kappa shape index (κ2) is 8.37. The van der Waals surface area contributed by atoms with E-state index in [9.17, 15) is 0 Å². The van der Waals surface area contributed by atoms with Gasteiger partial charge in [-0.15, -0.1) is 0 Å². The van der Waals surface area contributed by atoms with Crippen LogP contribution >= 0.6 is 0 Å². The SMILES string of the molecule is Fc1cc2[nH]nc(-c3nc4ncccc4[nH]3)c2cc1-c1cncc(CNCC2CCCC2)c1. The van der Waals surface area contributed by atoms with Crippen LogP contribution in [-0.2, 0) is 6.54 Å². The molecule has 8 heteroatoms. The summed E-state index contributed by atoms with van der Waals surface area (Å²) in [6.45, 7) is 1.75. The summed E-state index contributed by atoms with van der Waals surface area (Å²) in [5.74, 6) is 1.05. The molecule has 1 saturated carbocycles. The van der Waals surface area contributed by atoms with Crippen molar-refractivity contribution in [2.75, 3.05) is 6.54 Å². The van der Waals surface area contributed by atoms with Crippen molar-refractivity contribution < 1.29 is 4.39 Å². The van der Waals surface area contributed by atoms with E-state index >= 15 is 4.39 Å². The standard InChI is InChI=1S/C25H24FN7/c26-20-10-22-19(23(33-32-22)25-30-21-6-3-7-29-24(21)31-25)9-18(20)17-8-16(13-28-14-17)12-27-11-15-4-1-2-5-15/h3,6-10,13-15,27H,1-2,4-5,11-12H2,(H,32,33)(H,29,30,31). The van der Waals surface area contributed by atoms with Crippen LogP contribution in [0, 0.1) is 11.7 Å². The van der Waals surface area contributed by atoms with E-state index in [-0.39, 0.29) is 5.82 Å². The summed E-state index contributed by atoms with van der Waals surface area (Å²) in [5.41, 5.74) is 4.97. The van der Waals surface area contributed by atoms with Crippen LogP contribution in [0.25, 0.3) is 44.7 Å². The van der Waals surface area contributed by atoms with E-state index in [4.69, 9.17) is 0 Å². The molecule has 7 nitrogen and oxygen atoms in total. The highest BCUT2D eigenvalue weighted by molar-refractivity contribution is 5.95. The van der Waals surface area contributed by atoms with E-state index in [0.717, 1.165) is 41.0 Å². The molecule has 5 aromatic rings. The predicted molar refractivity (Wildman–Crippen MR) is 126 cm³/mol. The van der Waals surface area contributed by atoms with E-state index in [0.29, 0.717) is 28.2 Å². The monoisotopic (exact) mass is 441 g/mol. The van der Waals surface area contributed by atoms with E-state index in [1.807, 2.05) is 30.5 Å². The van der Waals surface area contributed by atoms with Gasteiger partial charge in [0, 0.05) is 47.7 Å². The van der Waals surface area contributed by atoms with Crippen LogP contribution in [0.2, 0.25) is 0 Å². The Bertz CT molecular complexity index is 1400. The van der Waals surface area contributed by atoms with Gasteiger partial charge in [-0.1, -0.05) is 12.8 Å². The molecule has 0 radical (unpaired) electrons. The average molecular weight is 442 g/mol. The zero-order chi connectivity index (χ0) is 22.2. The molecule has 0 saturated heterocycles. The highest BCUT2D eigenvalue weighted by Crippen LogP contribution is 2.32. The van der Waals surface area contributed by atoms with Crippen LogP contribution in [0.15, 0.2) is 48.9 Å². The lowest BCUT2D eigenvalue weighted by molar-refractivity contribution is 0.489. The van der Waals surface area contributed by atoms with Gasteiger partial charge < -0.3 is 10.3 Å². The maximum atomic E-state index is 15.0. The number of benzene rings is 1. The first-order valence-corrected chi connectivity index (χ1v) is 11.4. The lowest BCUT2D eigenvalue weighted by atomic mass is 10.0. The molecule has 1 aromatic carbocycles. The predicted octanol–water partition coefficient (Wildman–Crippen LogP) is 4.98. The number of rotatable bonds is 6. The Morgan fingerprint density at radius 2 is 2.00 bits per heavy atom. The Morgan fingerprint density at radius 1 is 1.09 bits per heavy atom. The number of nitrogens with one attached hydrogen (secondary N) is 3. The molecule has 1 fully saturated rings. The minimum atomic E-state index is -0.318. The summed E-state index contributed by atoms with van der Waals surface area (Å²) in [4.78, 5) is 16.4. The average Bonchev–Trinajstić information content (AvgIpc) is 3.58. The normalized spacial score (nSPS) is 14.6. The number of fused-ring (bicyclic) bond motifs is 2. The Balaban J connectivity index is 1.32. The molecule has 166 valence electrons. The van der Waals surface area contributed by atoms with Crippen LogP contribution in [0.5, 0.6) is 0 Å². The maximum absolute atomic E-state index is 15.0. The van der Waals surface area contributed by atoms with Gasteiger partial charge in [-0.2, -0.15) is 5.10 Å². The molecule has 0 atom stereocenters.